The summed E-state index contributed by atoms with van der Waals surface area (Å²) in [5, 5.41) is 3.96. The Hall–Kier alpha value is -3.55. The fraction of sp³-hybridized carbons (Fsp3) is 0.100. The molecule has 0 atom stereocenters. The third-order valence-electron chi connectivity index (χ3n) is 4.22. The number of pyridine rings is 2. The summed E-state index contributed by atoms with van der Waals surface area (Å²) in [6.45, 7) is 0. The minimum atomic E-state index is -4.73. The van der Waals surface area contributed by atoms with Crippen molar-refractivity contribution >= 4 is 22.4 Å². The summed E-state index contributed by atoms with van der Waals surface area (Å²) in [6, 6.07) is 13.3. The first-order valence-electron chi connectivity index (χ1n) is 8.38. The Labute approximate surface area is 158 Å². The van der Waals surface area contributed by atoms with Gasteiger partial charge >= 0.3 is 6.36 Å². The van der Waals surface area contributed by atoms with Crippen LogP contribution in [0.3, 0.4) is 0 Å². The van der Waals surface area contributed by atoms with E-state index in [1.165, 1.54) is 18.2 Å². The third-order valence-corrected chi connectivity index (χ3v) is 4.22. The van der Waals surface area contributed by atoms with Gasteiger partial charge in [0.15, 0.2) is 0 Å². The molecule has 0 aliphatic heterocycles. The lowest BCUT2D eigenvalue weighted by atomic mass is 10.2. The van der Waals surface area contributed by atoms with Crippen molar-refractivity contribution in [1.82, 2.24) is 14.5 Å². The van der Waals surface area contributed by atoms with E-state index in [0.717, 1.165) is 22.2 Å². The van der Waals surface area contributed by atoms with Gasteiger partial charge in [0.2, 0.25) is 0 Å². The predicted molar refractivity (Wildman–Crippen MR) is 100 cm³/mol. The second-order valence-corrected chi connectivity index (χ2v) is 6.16. The number of aryl methyl sites for hydroxylation is 1. The molecule has 1 aromatic carbocycles. The fourth-order valence-corrected chi connectivity index (χ4v) is 3.01. The standard InChI is InChI=1S/C20H15F3N4O/c1-27-17(13-4-3-7-24-11-13)8-14-12-25-19(10-18(14)27)26-15-5-2-6-16(9-15)28-20(21,22)23/h2-12H,1H3,(H,25,26). The predicted octanol–water partition coefficient (Wildman–Crippen LogP) is 5.28. The van der Waals surface area contributed by atoms with Crippen LogP contribution < -0.4 is 10.1 Å². The van der Waals surface area contributed by atoms with E-state index in [1.54, 1.807) is 24.7 Å². The third kappa shape index (κ3) is 3.75. The molecule has 5 nitrogen and oxygen atoms in total. The maximum atomic E-state index is 12.4. The molecule has 0 spiro atoms. The molecule has 1 N–H and O–H groups in total. The molecule has 4 aromatic rings. The highest BCUT2D eigenvalue weighted by atomic mass is 19.4. The SMILES string of the molecule is Cn1c(-c2cccnc2)cc2cnc(Nc3cccc(OC(F)(F)F)c3)cc21. The number of ether oxygens (including phenoxy) is 1. The van der Waals surface area contributed by atoms with E-state index < -0.39 is 6.36 Å². The summed E-state index contributed by atoms with van der Waals surface area (Å²) < 4.78 is 43.2. The van der Waals surface area contributed by atoms with Gasteiger partial charge in [-0.1, -0.05) is 6.07 Å². The Morgan fingerprint density at radius 3 is 2.64 bits per heavy atom. The molecule has 3 aromatic heterocycles. The Balaban J connectivity index is 1.64. The van der Waals surface area contributed by atoms with Gasteiger partial charge in [-0.05, 0) is 30.3 Å². The van der Waals surface area contributed by atoms with Gasteiger partial charge in [-0.2, -0.15) is 0 Å². The number of nitrogens with one attached hydrogen (secondary N) is 1. The van der Waals surface area contributed by atoms with Crippen LogP contribution in [-0.4, -0.2) is 20.9 Å². The minimum absolute atomic E-state index is 0.295. The van der Waals surface area contributed by atoms with E-state index >= 15 is 0 Å². The van der Waals surface area contributed by atoms with Gasteiger partial charge in [0.1, 0.15) is 11.6 Å². The smallest absolute Gasteiger partial charge is 0.406 e. The molecular weight excluding hydrogens is 369 g/mol. The normalized spacial score (nSPS) is 11.6. The molecule has 0 aliphatic rings. The number of fused-ring (bicyclic) bond motifs is 1. The van der Waals surface area contributed by atoms with Gasteiger partial charge in [0, 0.05) is 54.4 Å². The summed E-state index contributed by atoms with van der Waals surface area (Å²) in [4.78, 5) is 8.50. The zero-order chi connectivity index (χ0) is 19.7. The highest BCUT2D eigenvalue weighted by Crippen LogP contribution is 2.30. The molecule has 0 bridgehead atoms. The summed E-state index contributed by atoms with van der Waals surface area (Å²) in [5.74, 6) is 0.215. The lowest BCUT2D eigenvalue weighted by molar-refractivity contribution is -0.274. The highest BCUT2D eigenvalue weighted by Gasteiger charge is 2.31. The van der Waals surface area contributed by atoms with Crippen molar-refractivity contribution < 1.29 is 17.9 Å². The van der Waals surface area contributed by atoms with Gasteiger partial charge < -0.3 is 14.6 Å². The molecule has 3 heterocycles. The van der Waals surface area contributed by atoms with Gasteiger partial charge in [0.25, 0.3) is 0 Å². The number of anilines is 2. The van der Waals surface area contributed by atoms with Crippen molar-refractivity contribution in [3.63, 3.8) is 0 Å². The number of halogens is 3. The topological polar surface area (TPSA) is 52.0 Å². The van der Waals surface area contributed by atoms with Gasteiger partial charge in [-0.25, -0.2) is 4.98 Å². The molecule has 0 unspecified atom stereocenters. The van der Waals surface area contributed by atoms with E-state index in [1.807, 2.05) is 35.9 Å². The minimum Gasteiger partial charge on any atom is -0.406 e. The fourth-order valence-electron chi connectivity index (χ4n) is 3.01. The summed E-state index contributed by atoms with van der Waals surface area (Å²) in [7, 11) is 1.94. The van der Waals surface area contributed by atoms with E-state index in [0.29, 0.717) is 11.5 Å². The van der Waals surface area contributed by atoms with Crippen LogP contribution in [-0.2, 0) is 7.05 Å². The van der Waals surface area contributed by atoms with Gasteiger partial charge in [-0.15, -0.1) is 13.2 Å². The Morgan fingerprint density at radius 2 is 1.89 bits per heavy atom. The van der Waals surface area contributed by atoms with Crippen molar-refractivity contribution in [2.24, 2.45) is 7.05 Å². The van der Waals surface area contributed by atoms with E-state index in [-0.39, 0.29) is 5.75 Å². The van der Waals surface area contributed by atoms with Crippen molar-refractivity contribution in [3.05, 3.63) is 67.1 Å². The molecule has 0 saturated heterocycles. The van der Waals surface area contributed by atoms with Crippen molar-refractivity contribution in [2.75, 3.05) is 5.32 Å². The summed E-state index contributed by atoms with van der Waals surface area (Å²) in [6.07, 6.45) is 0.481. The molecule has 0 fully saturated rings. The number of benzene rings is 1. The molecule has 0 aliphatic carbocycles. The number of hydrogen-bond donors (Lipinski definition) is 1. The van der Waals surface area contributed by atoms with Crippen LogP contribution in [0, 0.1) is 0 Å². The lowest BCUT2D eigenvalue weighted by Crippen LogP contribution is -2.17. The highest BCUT2D eigenvalue weighted by molar-refractivity contribution is 5.88. The second kappa shape index (κ2) is 6.88. The monoisotopic (exact) mass is 384 g/mol. The molecule has 28 heavy (non-hydrogen) atoms. The number of hydrogen-bond acceptors (Lipinski definition) is 4. The van der Waals surface area contributed by atoms with Crippen LogP contribution in [0.25, 0.3) is 22.2 Å². The molecule has 142 valence electrons. The average Bonchev–Trinajstić information content (AvgIpc) is 2.98. The summed E-state index contributed by atoms with van der Waals surface area (Å²) >= 11 is 0. The Bertz CT molecular complexity index is 1120. The molecular formula is C20H15F3N4O. The zero-order valence-electron chi connectivity index (χ0n) is 14.7. The lowest BCUT2D eigenvalue weighted by Gasteiger charge is -2.11. The van der Waals surface area contributed by atoms with Crippen LogP contribution in [0.5, 0.6) is 5.75 Å². The van der Waals surface area contributed by atoms with Crippen molar-refractivity contribution in [3.8, 4) is 17.0 Å². The Morgan fingerprint density at radius 1 is 1.04 bits per heavy atom. The molecule has 0 amide bonds. The maximum Gasteiger partial charge on any atom is 0.573 e. The maximum absolute atomic E-state index is 12.4. The Kier molecular flexibility index (Phi) is 4.38. The first kappa shape index (κ1) is 17.8. The van der Waals surface area contributed by atoms with Crippen LogP contribution in [0.4, 0.5) is 24.7 Å². The molecule has 4 rings (SSSR count). The van der Waals surface area contributed by atoms with Crippen LogP contribution in [0.15, 0.2) is 67.1 Å². The van der Waals surface area contributed by atoms with Gasteiger partial charge in [0.05, 0.1) is 11.2 Å². The van der Waals surface area contributed by atoms with E-state index in [2.05, 4.69) is 20.0 Å². The van der Waals surface area contributed by atoms with Gasteiger partial charge in [-0.3, -0.25) is 4.98 Å². The first-order chi connectivity index (χ1) is 13.4. The number of aromatic nitrogens is 3. The van der Waals surface area contributed by atoms with Crippen LogP contribution >= 0.6 is 0 Å². The number of nitrogens with zero attached hydrogens (tertiary/aromatic N) is 3. The van der Waals surface area contributed by atoms with Crippen LogP contribution in [0.2, 0.25) is 0 Å². The van der Waals surface area contributed by atoms with E-state index in [4.69, 9.17) is 0 Å². The molecule has 0 saturated carbocycles. The molecule has 8 heteroatoms. The van der Waals surface area contributed by atoms with Crippen LogP contribution in [0.1, 0.15) is 0 Å². The number of rotatable bonds is 4. The van der Waals surface area contributed by atoms with E-state index in [9.17, 15) is 13.2 Å². The largest absolute Gasteiger partial charge is 0.573 e. The average molecular weight is 384 g/mol. The second-order valence-electron chi connectivity index (χ2n) is 6.16. The zero-order valence-corrected chi connectivity index (χ0v) is 14.7. The quantitative estimate of drug-likeness (QED) is 0.520. The number of alkyl halides is 3. The van der Waals surface area contributed by atoms with Crippen molar-refractivity contribution in [2.45, 2.75) is 6.36 Å². The summed E-state index contributed by atoms with van der Waals surface area (Å²) in [5.41, 5.74) is 3.34. The van der Waals surface area contributed by atoms with Crippen molar-refractivity contribution in [1.29, 1.82) is 0 Å². The molecule has 0 radical (unpaired) electrons. The first-order valence-corrected chi connectivity index (χ1v) is 8.38.